The van der Waals surface area contributed by atoms with E-state index in [0.717, 1.165) is 44.5 Å². The van der Waals surface area contributed by atoms with Gasteiger partial charge in [-0.2, -0.15) is 11.3 Å². The molecule has 3 heterocycles. The Hall–Kier alpha value is -0.910. The summed E-state index contributed by atoms with van der Waals surface area (Å²) < 4.78 is 11.4. The molecule has 1 amide bonds. The van der Waals surface area contributed by atoms with E-state index in [1.165, 1.54) is 0 Å². The number of ether oxygens (including phenoxy) is 2. The molecule has 0 spiro atoms. The van der Waals surface area contributed by atoms with Crippen LogP contribution in [0.5, 0.6) is 0 Å². The molecule has 0 saturated carbocycles. The third-order valence-electron chi connectivity index (χ3n) is 4.71. The van der Waals surface area contributed by atoms with Crippen molar-refractivity contribution in [1.82, 2.24) is 4.90 Å². The fraction of sp³-hybridized carbons (Fsp3) is 0.688. The molecule has 1 aromatic heterocycles. The number of nitrogens with zero attached hydrogens (tertiary/aromatic N) is 1. The van der Waals surface area contributed by atoms with E-state index in [1.54, 1.807) is 18.4 Å². The summed E-state index contributed by atoms with van der Waals surface area (Å²) in [7, 11) is 1.74. The Morgan fingerprint density at radius 3 is 3.29 bits per heavy atom. The van der Waals surface area contributed by atoms with Gasteiger partial charge in [-0.05, 0) is 41.7 Å². The number of rotatable bonds is 4. The molecule has 0 aliphatic carbocycles. The molecule has 3 rings (SSSR count). The van der Waals surface area contributed by atoms with Crippen LogP contribution < -0.4 is 0 Å². The second-order valence-electron chi connectivity index (χ2n) is 6.17. The number of carbonyl (C=O) groups is 1. The largest absolute Gasteiger partial charge is 0.384 e. The molecule has 2 aliphatic rings. The summed E-state index contributed by atoms with van der Waals surface area (Å²) in [5.74, 6) is 0.230. The van der Waals surface area contributed by atoms with Crippen molar-refractivity contribution >= 4 is 17.2 Å². The number of carbonyl (C=O) groups excluding carboxylic acids is 1. The lowest BCUT2D eigenvalue weighted by molar-refractivity contribution is -0.161. The summed E-state index contributed by atoms with van der Waals surface area (Å²) in [6.07, 6.45) is 3.84. The lowest BCUT2D eigenvalue weighted by atomic mass is 9.73. The van der Waals surface area contributed by atoms with Crippen LogP contribution in [-0.4, -0.2) is 50.3 Å². The molecule has 0 bridgehead atoms. The zero-order valence-electron chi connectivity index (χ0n) is 12.5. The topological polar surface area (TPSA) is 38.8 Å². The SMILES string of the molecule is COC[C@@]12CCCO[C@@H]1CCN(C(=O)Cc1ccsc1)C2. The number of fused-ring (bicyclic) bond motifs is 1. The van der Waals surface area contributed by atoms with Gasteiger partial charge in [0.2, 0.25) is 5.91 Å². The standard InChI is InChI=1S/C16H23NO3S/c1-19-12-16-5-2-7-20-14(16)3-6-17(11-16)15(18)9-13-4-8-21-10-13/h4,8,10,14H,2-3,5-7,9,11-12H2,1H3/t14-,16+/m1/s1. The van der Waals surface area contributed by atoms with E-state index in [4.69, 9.17) is 9.47 Å². The van der Waals surface area contributed by atoms with Crippen LogP contribution in [0.1, 0.15) is 24.8 Å². The number of hydrogen-bond donors (Lipinski definition) is 0. The van der Waals surface area contributed by atoms with Crippen LogP contribution in [0.15, 0.2) is 16.8 Å². The Morgan fingerprint density at radius 1 is 1.62 bits per heavy atom. The van der Waals surface area contributed by atoms with Gasteiger partial charge in [0.1, 0.15) is 0 Å². The molecular formula is C16H23NO3S. The molecule has 2 saturated heterocycles. The van der Waals surface area contributed by atoms with Crippen molar-refractivity contribution in [1.29, 1.82) is 0 Å². The van der Waals surface area contributed by atoms with Gasteiger partial charge in [-0.3, -0.25) is 4.79 Å². The number of amides is 1. The fourth-order valence-corrected chi connectivity index (χ4v) is 4.35. The molecule has 116 valence electrons. The second-order valence-corrected chi connectivity index (χ2v) is 6.95. The van der Waals surface area contributed by atoms with Gasteiger partial charge in [0.25, 0.3) is 0 Å². The zero-order valence-corrected chi connectivity index (χ0v) is 13.4. The van der Waals surface area contributed by atoms with Crippen LogP contribution in [0, 0.1) is 5.41 Å². The minimum Gasteiger partial charge on any atom is -0.384 e. The lowest BCUT2D eigenvalue weighted by Gasteiger charge is -2.50. The molecule has 1 aromatic rings. The smallest absolute Gasteiger partial charge is 0.227 e. The lowest BCUT2D eigenvalue weighted by Crippen LogP contribution is -2.58. The first-order valence-corrected chi connectivity index (χ1v) is 8.57. The van der Waals surface area contributed by atoms with Crippen molar-refractivity contribution in [3.8, 4) is 0 Å². The predicted molar refractivity (Wildman–Crippen MR) is 82.5 cm³/mol. The van der Waals surface area contributed by atoms with Crippen molar-refractivity contribution in [3.05, 3.63) is 22.4 Å². The van der Waals surface area contributed by atoms with E-state index in [0.29, 0.717) is 13.0 Å². The Morgan fingerprint density at radius 2 is 2.52 bits per heavy atom. The Labute approximate surface area is 130 Å². The normalized spacial score (nSPS) is 29.2. The number of thiophene rings is 1. The third-order valence-corrected chi connectivity index (χ3v) is 5.44. The van der Waals surface area contributed by atoms with E-state index in [-0.39, 0.29) is 17.4 Å². The Bertz CT molecular complexity index is 472. The van der Waals surface area contributed by atoms with Crippen molar-refractivity contribution in [3.63, 3.8) is 0 Å². The van der Waals surface area contributed by atoms with Crippen molar-refractivity contribution in [2.45, 2.75) is 31.8 Å². The molecule has 0 aromatic carbocycles. The van der Waals surface area contributed by atoms with Crippen molar-refractivity contribution < 1.29 is 14.3 Å². The third kappa shape index (κ3) is 3.15. The monoisotopic (exact) mass is 309 g/mol. The van der Waals surface area contributed by atoms with Crippen LogP contribution in [0.2, 0.25) is 0 Å². The maximum atomic E-state index is 12.5. The van der Waals surface area contributed by atoms with Crippen molar-refractivity contribution in [2.75, 3.05) is 33.4 Å². The maximum Gasteiger partial charge on any atom is 0.227 e. The minimum atomic E-state index is -0.00441. The van der Waals surface area contributed by atoms with Gasteiger partial charge in [-0.1, -0.05) is 0 Å². The molecule has 0 radical (unpaired) electrons. The highest BCUT2D eigenvalue weighted by atomic mass is 32.1. The van der Waals surface area contributed by atoms with Crippen molar-refractivity contribution in [2.24, 2.45) is 5.41 Å². The minimum absolute atomic E-state index is 0.00441. The van der Waals surface area contributed by atoms with E-state index < -0.39 is 0 Å². The fourth-order valence-electron chi connectivity index (χ4n) is 3.68. The molecule has 2 aliphatic heterocycles. The van der Waals surface area contributed by atoms with Gasteiger partial charge in [0, 0.05) is 32.2 Å². The molecule has 0 unspecified atom stereocenters. The maximum absolute atomic E-state index is 12.5. The zero-order chi connectivity index (χ0) is 14.7. The van der Waals surface area contributed by atoms with Crippen LogP contribution in [0.3, 0.4) is 0 Å². The number of methoxy groups -OCH3 is 1. The molecule has 4 nitrogen and oxygen atoms in total. The highest BCUT2D eigenvalue weighted by Gasteiger charge is 2.46. The number of piperidine rings is 1. The summed E-state index contributed by atoms with van der Waals surface area (Å²) in [5, 5.41) is 4.08. The number of likely N-dealkylation sites (tertiary alicyclic amines) is 1. The second kappa shape index (κ2) is 6.46. The van der Waals surface area contributed by atoms with Crippen LogP contribution in [0.25, 0.3) is 0 Å². The highest BCUT2D eigenvalue weighted by Crippen LogP contribution is 2.40. The van der Waals surface area contributed by atoms with E-state index >= 15 is 0 Å². The summed E-state index contributed by atoms with van der Waals surface area (Å²) in [4.78, 5) is 14.6. The summed E-state index contributed by atoms with van der Waals surface area (Å²) in [5.41, 5.74) is 1.11. The van der Waals surface area contributed by atoms with Crippen LogP contribution in [0.4, 0.5) is 0 Å². The predicted octanol–water partition coefficient (Wildman–Crippen LogP) is 2.33. The molecule has 5 heteroatoms. The van der Waals surface area contributed by atoms with Gasteiger partial charge >= 0.3 is 0 Å². The van der Waals surface area contributed by atoms with Gasteiger partial charge in [-0.15, -0.1) is 0 Å². The molecule has 2 atom stereocenters. The molecule has 2 fully saturated rings. The highest BCUT2D eigenvalue weighted by molar-refractivity contribution is 7.07. The van der Waals surface area contributed by atoms with E-state index in [9.17, 15) is 4.79 Å². The molecule has 21 heavy (non-hydrogen) atoms. The van der Waals surface area contributed by atoms with Gasteiger partial charge in [0.15, 0.2) is 0 Å². The Balaban J connectivity index is 1.69. The molecular weight excluding hydrogens is 286 g/mol. The summed E-state index contributed by atoms with van der Waals surface area (Å²) in [6, 6.07) is 2.03. The average molecular weight is 309 g/mol. The van der Waals surface area contributed by atoms with Crippen LogP contribution >= 0.6 is 11.3 Å². The van der Waals surface area contributed by atoms with Crippen LogP contribution in [-0.2, 0) is 20.7 Å². The van der Waals surface area contributed by atoms with Gasteiger partial charge in [0.05, 0.1) is 19.1 Å². The first-order chi connectivity index (χ1) is 10.2. The molecule has 0 N–H and O–H groups in total. The first kappa shape index (κ1) is 15.0. The quantitative estimate of drug-likeness (QED) is 0.857. The van der Waals surface area contributed by atoms with E-state index in [1.807, 2.05) is 16.3 Å². The average Bonchev–Trinajstić information content (AvgIpc) is 2.99. The summed E-state index contributed by atoms with van der Waals surface area (Å²) >= 11 is 1.64. The number of hydrogen-bond acceptors (Lipinski definition) is 4. The summed E-state index contributed by atoms with van der Waals surface area (Å²) in [6.45, 7) is 3.10. The van der Waals surface area contributed by atoms with Gasteiger partial charge in [-0.25, -0.2) is 0 Å². The van der Waals surface area contributed by atoms with Gasteiger partial charge < -0.3 is 14.4 Å². The first-order valence-electron chi connectivity index (χ1n) is 7.63. The Kier molecular flexibility index (Phi) is 4.62. The van der Waals surface area contributed by atoms with E-state index in [2.05, 4.69) is 5.38 Å².